The summed E-state index contributed by atoms with van der Waals surface area (Å²) >= 11 is 2.07. The summed E-state index contributed by atoms with van der Waals surface area (Å²) in [5, 5.41) is 0. The van der Waals surface area contributed by atoms with Gasteiger partial charge in [-0.05, 0) is 6.42 Å². The normalized spacial score (nSPS) is 10.8. The van der Waals surface area contributed by atoms with E-state index >= 15 is 0 Å². The minimum atomic E-state index is 0.902. The number of hydrogen-bond donors (Lipinski definition) is 1. The van der Waals surface area contributed by atoms with Gasteiger partial charge in [-0.1, -0.05) is 0 Å². The first-order chi connectivity index (χ1) is 5.29. The fourth-order valence-electron chi connectivity index (χ4n) is 0.823. The molecule has 0 fully saturated rings. The Labute approximate surface area is 79.9 Å². The maximum atomic E-state index is 5.43. The molecule has 1 rings (SSSR count). The molecular formula is C6H11IN4. The van der Waals surface area contributed by atoms with Crippen molar-refractivity contribution in [3.8, 4) is 0 Å². The van der Waals surface area contributed by atoms with Gasteiger partial charge in [0.15, 0.2) is 0 Å². The first kappa shape index (κ1) is 8.95. The van der Waals surface area contributed by atoms with E-state index in [0.717, 1.165) is 19.5 Å². The molecule has 0 unspecified atom stereocenters. The SMILES string of the molecule is NN(I)CCCn1ccnc1. The molecule has 0 aromatic carbocycles. The summed E-state index contributed by atoms with van der Waals surface area (Å²) in [6.45, 7) is 1.88. The number of nitrogens with zero attached hydrogens (tertiary/aromatic N) is 3. The fourth-order valence-corrected chi connectivity index (χ4v) is 1.16. The maximum absolute atomic E-state index is 5.43. The van der Waals surface area contributed by atoms with Crippen LogP contribution in [-0.4, -0.2) is 19.3 Å². The van der Waals surface area contributed by atoms with Gasteiger partial charge >= 0.3 is 0 Å². The average Bonchev–Trinajstić information content (AvgIpc) is 2.39. The fraction of sp³-hybridized carbons (Fsp3) is 0.500. The van der Waals surface area contributed by atoms with Crippen molar-refractivity contribution < 1.29 is 0 Å². The number of aryl methyl sites for hydroxylation is 1. The summed E-state index contributed by atoms with van der Waals surface area (Å²) in [5.41, 5.74) is 0. The Balaban J connectivity index is 2.14. The number of nitrogens with two attached hydrogens (primary N) is 1. The topological polar surface area (TPSA) is 47.1 Å². The minimum absolute atomic E-state index is 0.902. The van der Waals surface area contributed by atoms with Gasteiger partial charge in [0, 0.05) is 48.3 Å². The van der Waals surface area contributed by atoms with Crippen LogP contribution in [-0.2, 0) is 6.54 Å². The van der Waals surface area contributed by atoms with Crippen LogP contribution in [0.5, 0.6) is 0 Å². The Hall–Kier alpha value is -0.140. The lowest BCUT2D eigenvalue weighted by atomic mass is 10.4. The van der Waals surface area contributed by atoms with E-state index in [9.17, 15) is 0 Å². The van der Waals surface area contributed by atoms with Crippen molar-refractivity contribution in [1.82, 2.24) is 12.8 Å². The molecule has 0 atom stereocenters. The third-order valence-corrected chi connectivity index (χ3v) is 1.83. The Kier molecular flexibility index (Phi) is 3.81. The van der Waals surface area contributed by atoms with E-state index in [0.29, 0.717) is 0 Å². The van der Waals surface area contributed by atoms with E-state index in [1.165, 1.54) is 0 Å². The van der Waals surface area contributed by atoms with Crippen molar-refractivity contribution in [3.05, 3.63) is 18.7 Å². The number of rotatable bonds is 4. The van der Waals surface area contributed by atoms with Crippen LogP contribution in [0, 0.1) is 0 Å². The molecule has 0 aliphatic carbocycles. The number of hydrazine groups is 1. The summed E-state index contributed by atoms with van der Waals surface area (Å²) in [6, 6.07) is 0. The van der Waals surface area contributed by atoms with E-state index in [2.05, 4.69) is 27.8 Å². The summed E-state index contributed by atoms with van der Waals surface area (Å²) in [4.78, 5) is 3.94. The molecule has 1 aromatic heterocycles. The van der Waals surface area contributed by atoms with Gasteiger partial charge < -0.3 is 4.57 Å². The van der Waals surface area contributed by atoms with Crippen LogP contribution in [0.3, 0.4) is 0 Å². The van der Waals surface area contributed by atoms with Gasteiger partial charge in [-0.3, -0.25) is 5.84 Å². The highest BCUT2D eigenvalue weighted by Gasteiger charge is 1.92. The van der Waals surface area contributed by atoms with E-state index in [1.807, 2.05) is 17.1 Å². The monoisotopic (exact) mass is 266 g/mol. The minimum Gasteiger partial charge on any atom is -0.337 e. The third-order valence-electron chi connectivity index (χ3n) is 1.35. The van der Waals surface area contributed by atoms with Crippen LogP contribution in [0.4, 0.5) is 0 Å². The lowest BCUT2D eigenvalue weighted by Crippen LogP contribution is -2.21. The molecule has 0 aliphatic heterocycles. The first-order valence-corrected chi connectivity index (χ1v) is 4.39. The largest absolute Gasteiger partial charge is 0.337 e. The molecule has 0 radical (unpaired) electrons. The zero-order valence-electron chi connectivity index (χ0n) is 6.15. The van der Waals surface area contributed by atoms with Gasteiger partial charge in [0.25, 0.3) is 0 Å². The molecule has 4 nitrogen and oxygen atoms in total. The third kappa shape index (κ3) is 3.68. The molecule has 0 amide bonds. The van der Waals surface area contributed by atoms with Crippen molar-refractivity contribution in [3.63, 3.8) is 0 Å². The van der Waals surface area contributed by atoms with Crippen LogP contribution in [0.2, 0.25) is 0 Å². The zero-order chi connectivity index (χ0) is 8.10. The summed E-state index contributed by atoms with van der Waals surface area (Å²) in [6.07, 6.45) is 6.60. The average molecular weight is 266 g/mol. The Morgan fingerprint density at radius 2 is 2.45 bits per heavy atom. The van der Waals surface area contributed by atoms with Crippen molar-refractivity contribution in [1.29, 1.82) is 0 Å². The molecule has 0 spiro atoms. The van der Waals surface area contributed by atoms with E-state index < -0.39 is 0 Å². The highest BCUT2D eigenvalue weighted by atomic mass is 127. The molecule has 0 aliphatic rings. The second-order valence-corrected chi connectivity index (χ2v) is 3.52. The van der Waals surface area contributed by atoms with Crippen LogP contribution in [0.25, 0.3) is 0 Å². The molecule has 0 saturated carbocycles. The number of aromatic nitrogens is 2. The van der Waals surface area contributed by atoms with Gasteiger partial charge in [-0.2, -0.15) is 3.22 Å². The van der Waals surface area contributed by atoms with E-state index in [-0.39, 0.29) is 0 Å². The molecule has 0 saturated heterocycles. The number of halogens is 1. The van der Waals surface area contributed by atoms with E-state index in [4.69, 9.17) is 5.84 Å². The van der Waals surface area contributed by atoms with Crippen molar-refractivity contribution in [2.45, 2.75) is 13.0 Å². The van der Waals surface area contributed by atoms with Gasteiger partial charge in [0.1, 0.15) is 0 Å². The molecule has 62 valence electrons. The molecule has 1 aromatic rings. The number of imidazole rings is 1. The lowest BCUT2D eigenvalue weighted by Gasteiger charge is -2.06. The Morgan fingerprint density at radius 1 is 1.64 bits per heavy atom. The van der Waals surface area contributed by atoms with Gasteiger partial charge in [0.2, 0.25) is 0 Å². The highest BCUT2D eigenvalue weighted by Crippen LogP contribution is 1.94. The summed E-state index contributed by atoms with van der Waals surface area (Å²) in [7, 11) is 0. The van der Waals surface area contributed by atoms with Crippen LogP contribution in [0.15, 0.2) is 18.7 Å². The van der Waals surface area contributed by atoms with Crippen LogP contribution in [0.1, 0.15) is 6.42 Å². The maximum Gasteiger partial charge on any atom is 0.0945 e. The van der Waals surface area contributed by atoms with Crippen LogP contribution >= 0.6 is 22.9 Å². The molecule has 5 heteroatoms. The second kappa shape index (κ2) is 4.68. The standard InChI is InChI=1S/C6H11IN4/c7-11(8)4-1-3-10-5-2-9-6-10/h2,5-6H,1,3-4,8H2. The summed E-state index contributed by atoms with van der Waals surface area (Å²) < 4.78 is 3.70. The Morgan fingerprint density at radius 3 is 3.00 bits per heavy atom. The van der Waals surface area contributed by atoms with Crippen molar-refractivity contribution in [2.75, 3.05) is 6.54 Å². The second-order valence-electron chi connectivity index (χ2n) is 2.28. The predicted molar refractivity (Wildman–Crippen MR) is 51.8 cm³/mol. The van der Waals surface area contributed by atoms with E-state index in [1.54, 1.807) is 9.42 Å². The van der Waals surface area contributed by atoms with Gasteiger partial charge in [-0.25, -0.2) is 4.98 Å². The zero-order valence-corrected chi connectivity index (χ0v) is 8.31. The molecule has 11 heavy (non-hydrogen) atoms. The Bertz CT molecular complexity index is 184. The first-order valence-electron chi connectivity index (χ1n) is 3.43. The molecule has 0 bridgehead atoms. The quantitative estimate of drug-likeness (QED) is 0.379. The van der Waals surface area contributed by atoms with Gasteiger partial charge in [-0.15, -0.1) is 0 Å². The smallest absolute Gasteiger partial charge is 0.0945 e. The predicted octanol–water partition coefficient (Wildman–Crippen LogP) is 0.799. The van der Waals surface area contributed by atoms with Crippen molar-refractivity contribution >= 4 is 22.9 Å². The molecular weight excluding hydrogens is 255 g/mol. The summed E-state index contributed by atoms with van der Waals surface area (Å²) in [5.74, 6) is 5.43. The lowest BCUT2D eigenvalue weighted by molar-refractivity contribution is 0.489. The molecule has 2 N–H and O–H groups in total. The highest BCUT2D eigenvalue weighted by molar-refractivity contribution is 14.1. The van der Waals surface area contributed by atoms with Crippen molar-refractivity contribution in [2.24, 2.45) is 5.84 Å². The number of hydrogen-bond acceptors (Lipinski definition) is 3. The molecule has 1 heterocycles. The van der Waals surface area contributed by atoms with Crippen LogP contribution < -0.4 is 5.84 Å². The van der Waals surface area contributed by atoms with Gasteiger partial charge in [0.05, 0.1) is 6.33 Å².